The van der Waals surface area contributed by atoms with Crippen LogP contribution in [-0.2, 0) is 0 Å². The Kier molecular flexibility index (Phi) is 10.3. The Morgan fingerprint density at radius 1 is 1.08 bits per heavy atom. The first kappa shape index (κ1) is 23.6. The summed E-state index contributed by atoms with van der Waals surface area (Å²) in [6.07, 6.45) is 1.82. The Hall–Kier alpha value is -0.460. The minimum atomic E-state index is 0. The number of phenolic OH excluding ortho intramolecular Hbond substituents is 1. The molecule has 3 nitrogen and oxygen atoms in total. The van der Waals surface area contributed by atoms with Crippen LogP contribution in [-0.4, -0.2) is 36.2 Å². The number of benzene rings is 2. The zero-order valence-corrected chi connectivity index (χ0v) is 19.6. The van der Waals surface area contributed by atoms with Crippen molar-refractivity contribution < 1.29 is 5.11 Å². The van der Waals surface area contributed by atoms with E-state index in [4.69, 9.17) is 23.2 Å². The van der Waals surface area contributed by atoms with Gasteiger partial charge in [-0.25, -0.2) is 0 Å². The lowest BCUT2D eigenvalue weighted by atomic mass is 10.1. The molecule has 0 aromatic heterocycles. The van der Waals surface area contributed by atoms with Gasteiger partial charge in [-0.05, 0) is 74.2 Å². The molecule has 0 bridgehead atoms. The molecule has 0 aliphatic carbocycles. The third kappa shape index (κ3) is 6.31. The van der Waals surface area contributed by atoms with Gasteiger partial charge in [0.25, 0.3) is 0 Å². The first-order valence-electron chi connectivity index (χ1n) is 7.66. The fourth-order valence-corrected chi connectivity index (χ4v) is 3.92. The number of aromatic hydroxyl groups is 1. The molecule has 0 saturated heterocycles. The lowest BCUT2D eigenvalue weighted by Crippen LogP contribution is -2.27. The van der Waals surface area contributed by atoms with Crippen LogP contribution in [0.4, 0.5) is 11.4 Å². The predicted octanol–water partition coefficient (Wildman–Crippen LogP) is 6.68. The molecule has 0 spiro atoms. The monoisotopic (exact) mass is 542 g/mol. The van der Waals surface area contributed by atoms with E-state index in [2.05, 4.69) is 53.9 Å². The van der Waals surface area contributed by atoms with Crippen molar-refractivity contribution in [3.05, 3.63) is 50.4 Å². The van der Waals surface area contributed by atoms with E-state index in [-0.39, 0.29) is 18.2 Å². The minimum absolute atomic E-state index is 0. The number of hydrogen-bond donors (Lipinski definition) is 1. The molecule has 2 aromatic rings. The van der Waals surface area contributed by atoms with Gasteiger partial charge >= 0.3 is 0 Å². The van der Waals surface area contributed by atoms with Crippen molar-refractivity contribution in [2.45, 2.75) is 6.92 Å². The number of phenols is 1. The fourth-order valence-electron chi connectivity index (χ4n) is 2.35. The lowest BCUT2D eigenvalue weighted by molar-refractivity contribution is 0.468. The molecule has 26 heavy (non-hydrogen) atoms. The summed E-state index contributed by atoms with van der Waals surface area (Å²) in [5, 5.41) is 9.76. The second-order valence-electron chi connectivity index (χ2n) is 5.42. The SMILES string of the molecule is Cc1cc(N(CCCl)CCCl)ccc1C=Nc1cc(Br)c(O)c(Br)c1.Cl. The number of halogens is 5. The maximum Gasteiger partial charge on any atom is 0.144 e. The summed E-state index contributed by atoms with van der Waals surface area (Å²) in [6, 6.07) is 9.74. The van der Waals surface area contributed by atoms with Crippen LogP contribution in [0.1, 0.15) is 11.1 Å². The first-order chi connectivity index (χ1) is 12.0. The fraction of sp³-hybridized carbons (Fsp3) is 0.278. The normalized spacial score (nSPS) is 10.8. The van der Waals surface area contributed by atoms with E-state index < -0.39 is 0 Å². The van der Waals surface area contributed by atoms with E-state index in [1.807, 2.05) is 19.2 Å². The number of rotatable bonds is 7. The molecule has 0 amide bonds. The number of nitrogens with zero attached hydrogens (tertiary/aromatic N) is 2. The van der Waals surface area contributed by atoms with Crippen LogP contribution >= 0.6 is 67.5 Å². The summed E-state index contributed by atoms with van der Waals surface area (Å²) in [5.41, 5.74) is 3.99. The number of aliphatic imine (C=N–C) groups is 1. The Bertz CT molecular complexity index is 743. The van der Waals surface area contributed by atoms with E-state index in [0.29, 0.717) is 20.7 Å². The average Bonchev–Trinajstić information content (AvgIpc) is 2.58. The summed E-state index contributed by atoms with van der Waals surface area (Å²) < 4.78 is 1.19. The topological polar surface area (TPSA) is 35.8 Å². The van der Waals surface area contributed by atoms with Gasteiger partial charge in [0, 0.05) is 36.8 Å². The minimum Gasteiger partial charge on any atom is -0.506 e. The van der Waals surface area contributed by atoms with Gasteiger partial charge in [-0.3, -0.25) is 4.99 Å². The van der Waals surface area contributed by atoms with Gasteiger partial charge in [-0.2, -0.15) is 0 Å². The molecule has 142 valence electrons. The maximum atomic E-state index is 9.76. The molecule has 2 rings (SSSR count). The second-order valence-corrected chi connectivity index (χ2v) is 7.89. The summed E-state index contributed by atoms with van der Waals surface area (Å²) in [6.45, 7) is 3.57. The summed E-state index contributed by atoms with van der Waals surface area (Å²) in [5.74, 6) is 1.28. The van der Waals surface area contributed by atoms with Gasteiger partial charge in [0.15, 0.2) is 0 Å². The third-order valence-electron chi connectivity index (χ3n) is 3.68. The lowest BCUT2D eigenvalue weighted by Gasteiger charge is -2.23. The summed E-state index contributed by atoms with van der Waals surface area (Å²) in [4.78, 5) is 6.66. The van der Waals surface area contributed by atoms with E-state index in [0.717, 1.165) is 35.6 Å². The number of hydrogen-bond acceptors (Lipinski definition) is 3. The first-order valence-corrected chi connectivity index (χ1v) is 10.3. The van der Waals surface area contributed by atoms with E-state index in [9.17, 15) is 5.11 Å². The molecule has 0 saturated carbocycles. The molecule has 0 aliphatic rings. The second kappa shape index (κ2) is 11.4. The zero-order chi connectivity index (χ0) is 18.4. The van der Waals surface area contributed by atoms with E-state index in [1.165, 1.54) is 0 Å². The largest absolute Gasteiger partial charge is 0.506 e. The molecular formula is C18H19Br2Cl3N2O. The molecule has 8 heteroatoms. The van der Waals surface area contributed by atoms with Crippen LogP contribution < -0.4 is 4.90 Å². The van der Waals surface area contributed by atoms with Crippen molar-refractivity contribution in [3.63, 3.8) is 0 Å². The van der Waals surface area contributed by atoms with Gasteiger partial charge in [0.1, 0.15) is 5.75 Å². The number of aryl methyl sites for hydroxylation is 1. The standard InChI is InChI=1S/C18H18Br2Cl2N2O.ClH/c1-12-8-15(24(6-4-21)7-5-22)3-2-13(12)11-23-14-9-16(19)18(25)17(20)10-14;/h2-3,8-11,25H,4-7H2,1H3;1H. The van der Waals surface area contributed by atoms with Crippen LogP contribution in [0, 0.1) is 6.92 Å². The molecule has 1 N–H and O–H groups in total. The summed E-state index contributed by atoms with van der Waals surface area (Å²) >= 11 is 18.4. The molecule has 2 aromatic carbocycles. The van der Waals surface area contributed by atoms with Gasteiger partial charge in [-0.15, -0.1) is 35.6 Å². The quantitative estimate of drug-likeness (QED) is 0.311. The molecular weight excluding hydrogens is 526 g/mol. The molecule has 0 radical (unpaired) electrons. The van der Waals surface area contributed by atoms with Crippen molar-refractivity contribution in [2.24, 2.45) is 4.99 Å². The average molecular weight is 546 g/mol. The van der Waals surface area contributed by atoms with E-state index >= 15 is 0 Å². The molecule has 0 unspecified atom stereocenters. The van der Waals surface area contributed by atoms with Gasteiger partial charge in [0.05, 0.1) is 14.6 Å². The van der Waals surface area contributed by atoms with Crippen molar-refractivity contribution in [1.29, 1.82) is 0 Å². The number of alkyl halides is 2. The highest BCUT2D eigenvalue weighted by molar-refractivity contribution is 9.11. The summed E-state index contributed by atoms with van der Waals surface area (Å²) in [7, 11) is 0. The Morgan fingerprint density at radius 3 is 2.15 bits per heavy atom. The smallest absolute Gasteiger partial charge is 0.144 e. The zero-order valence-electron chi connectivity index (χ0n) is 14.1. The predicted molar refractivity (Wildman–Crippen MR) is 123 cm³/mol. The highest BCUT2D eigenvalue weighted by Crippen LogP contribution is 2.36. The van der Waals surface area contributed by atoms with Crippen molar-refractivity contribution >= 4 is 85.1 Å². The van der Waals surface area contributed by atoms with Crippen LogP contribution in [0.5, 0.6) is 5.75 Å². The van der Waals surface area contributed by atoms with Crippen LogP contribution in [0.3, 0.4) is 0 Å². The van der Waals surface area contributed by atoms with Crippen LogP contribution in [0.25, 0.3) is 0 Å². The molecule has 0 atom stereocenters. The number of anilines is 1. The molecule has 0 fully saturated rings. The Morgan fingerprint density at radius 2 is 1.65 bits per heavy atom. The van der Waals surface area contributed by atoms with Gasteiger partial charge in [0.2, 0.25) is 0 Å². The molecule has 0 heterocycles. The van der Waals surface area contributed by atoms with Gasteiger partial charge < -0.3 is 10.0 Å². The Labute approximate surface area is 187 Å². The highest BCUT2D eigenvalue weighted by Gasteiger charge is 2.08. The van der Waals surface area contributed by atoms with Crippen molar-refractivity contribution in [1.82, 2.24) is 0 Å². The van der Waals surface area contributed by atoms with Gasteiger partial charge in [-0.1, -0.05) is 6.07 Å². The highest BCUT2D eigenvalue weighted by atomic mass is 79.9. The van der Waals surface area contributed by atoms with Crippen LogP contribution in [0.15, 0.2) is 44.3 Å². The third-order valence-corrected chi connectivity index (χ3v) is 5.23. The van der Waals surface area contributed by atoms with Crippen LogP contribution in [0.2, 0.25) is 0 Å². The maximum absolute atomic E-state index is 9.76. The Balaban J connectivity index is 0.00000338. The van der Waals surface area contributed by atoms with Crippen molar-refractivity contribution in [2.75, 3.05) is 29.7 Å². The molecule has 0 aliphatic heterocycles. The van der Waals surface area contributed by atoms with E-state index in [1.54, 1.807) is 12.1 Å². The van der Waals surface area contributed by atoms with Crippen molar-refractivity contribution in [3.8, 4) is 5.75 Å².